The number of unbranched alkanes of at least 4 members (excludes halogenated alkanes) is 6. The first kappa shape index (κ1) is 26.5. The molecule has 0 amide bonds. The highest BCUT2D eigenvalue weighted by atomic mass is 35.5. The van der Waals surface area contributed by atoms with Crippen molar-refractivity contribution in [3.8, 4) is 0 Å². The van der Waals surface area contributed by atoms with E-state index in [-0.39, 0.29) is 23.2 Å². The standard InChI is InChI=1S/C21H46Cl2N2O/c1-9-11-12-13-14-15-16-17-18(10-2)26-19(20(22)24(3,4)5)21(23)25(6,7)8/h18-21H,9-17H2,1-8H3/q+2. The van der Waals surface area contributed by atoms with Crippen LogP contribution < -0.4 is 0 Å². The van der Waals surface area contributed by atoms with Gasteiger partial charge in [-0.05, 0) is 12.8 Å². The molecule has 0 aromatic rings. The Morgan fingerprint density at radius 2 is 1.12 bits per heavy atom. The van der Waals surface area contributed by atoms with E-state index in [1.54, 1.807) is 0 Å². The summed E-state index contributed by atoms with van der Waals surface area (Å²) in [5, 5.41) is 0. The van der Waals surface area contributed by atoms with Crippen LogP contribution in [-0.4, -0.2) is 74.5 Å². The van der Waals surface area contributed by atoms with Gasteiger partial charge in [0.05, 0.1) is 48.4 Å². The summed E-state index contributed by atoms with van der Waals surface area (Å²) in [6.07, 6.45) is 11.4. The lowest BCUT2D eigenvalue weighted by Crippen LogP contribution is -2.59. The van der Waals surface area contributed by atoms with Crippen LogP contribution in [0.25, 0.3) is 0 Å². The molecule has 0 radical (unpaired) electrons. The molecule has 0 heterocycles. The van der Waals surface area contributed by atoms with Gasteiger partial charge in [-0.2, -0.15) is 0 Å². The SMILES string of the molecule is CCCCCCCCCC(CC)OC(C(Cl)[N+](C)(C)C)C(Cl)[N+](C)(C)C. The smallest absolute Gasteiger partial charge is 0.198 e. The maximum Gasteiger partial charge on any atom is 0.198 e. The van der Waals surface area contributed by atoms with E-state index in [0.717, 1.165) is 12.8 Å². The molecule has 0 bridgehead atoms. The van der Waals surface area contributed by atoms with Gasteiger partial charge >= 0.3 is 0 Å². The van der Waals surface area contributed by atoms with Crippen molar-refractivity contribution >= 4 is 23.2 Å². The predicted octanol–water partition coefficient (Wildman–Crippen LogP) is 5.83. The highest BCUT2D eigenvalue weighted by Crippen LogP contribution is 2.28. The van der Waals surface area contributed by atoms with E-state index in [1.807, 2.05) is 0 Å². The summed E-state index contributed by atoms with van der Waals surface area (Å²) in [7, 11) is 12.6. The van der Waals surface area contributed by atoms with Crippen molar-refractivity contribution in [2.75, 3.05) is 42.3 Å². The second-order valence-corrected chi connectivity index (χ2v) is 10.4. The number of hydrogen-bond donors (Lipinski definition) is 0. The first-order chi connectivity index (χ1) is 11.9. The molecule has 0 rings (SSSR count). The Hall–Kier alpha value is 0.460. The van der Waals surface area contributed by atoms with Crippen LogP contribution in [0.1, 0.15) is 71.6 Å². The summed E-state index contributed by atoms with van der Waals surface area (Å²) in [5.74, 6) is 0. The van der Waals surface area contributed by atoms with Crippen LogP contribution in [0.3, 0.4) is 0 Å². The maximum absolute atomic E-state index is 6.81. The zero-order chi connectivity index (χ0) is 20.4. The molecule has 0 N–H and O–H groups in total. The van der Waals surface area contributed by atoms with Crippen LogP contribution >= 0.6 is 23.2 Å². The monoisotopic (exact) mass is 412 g/mol. The molecule has 3 unspecified atom stereocenters. The molecule has 0 aliphatic heterocycles. The minimum atomic E-state index is -0.187. The van der Waals surface area contributed by atoms with Crippen molar-refractivity contribution < 1.29 is 13.7 Å². The number of likely N-dealkylation sites (N-methyl/N-ethyl adjacent to an activating group) is 2. The molecular formula is C21H46Cl2N2O+2. The highest BCUT2D eigenvalue weighted by molar-refractivity contribution is 6.23. The van der Waals surface area contributed by atoms with Gasteiger partial charge in [0, 0.05) is 0 Å². The quantitative estimate of drug-likeness (QED) is 0.142. The molecule has 0 saturated carbocycles. The molecule has 0 saturated heterocycles. The summed E-state index contributed by atoms with van der Waals surface area (Å²) in [5.41, 5.74) is -0.365. The van der Waals surface area contributed by atoms with Crippen molar-refractivity contribution in [1.29, 1.82) is 0 Å². The molecule has 5 heteroatoms. The maximum atomic E-state index is 6.81. The molecule has 3 nitrogen and oxygen atoms in total. The van der Waals surface area contributed by atoms with Crippen molar-refractivity contribution in [3.63, 3.8) is 0 Å². The largest absolute Gasteiger partial charge is 0.360 e. The van der Waals surface area contributed by atoms with E-state index in [0.29, 0.717) is 8.97 Å². The summed E-state index contributed by atoms with van der Waals surface area (Å²) < 4.78 is 7.78. The molecule has 26 heavy (non-hydrogen) atoms. The number of ether oxygens (including phenoxy) is 1. The Bertz CT molecular complexity index is 333. The summed E-state index contributed by atoms with van der Waals surface area (Å²) in [4.78, 5) is 0. The topological polar surface area (TPSA) is 9.23 Å². The van der Waals surface area contributed by atoms with Gasteiger partial charge in [0.25, 0.3) is 0 Å². The molecule has 0 aliphatic rings. The van der Waals surface area contributed by atoms with E-state index in [2.05, 4.69) is 56.1 Å². The lowest BCUT2D eigenvalue weighted by Gasteiger charge is -2.41. The van der Waals surface area contributed by atoms with E-state index in [9.17, 15) is 0 Å². The third-order valence-corrected chi connectivity index (χ3v) is 6.62. The summed E-state index contributed by atoms with van der Waals surface area (Å²) in [6, 6.07) is 0. The minimum absolute atomic E-state index is 0.182. The lowest BCUT2D eigenvalue weighted by atomic mass is 10.0. The third kappa shape index (κ3) is 10.7. The predicted molar refractivity (Wildman–Crippen MR) is 117 cm³/mol. The lowest BCUT2D eigenvalue weighted by molar-refractivity contribution is -0.910. The Morgan fingerprint density at radius 1 is 0.692 bits per heavy atom. The van der Waals surface area contributed by atoms with Crippen LogP contribution in [0.2, 0.25) is 0 Å². The van der Waals surface area contributed by atoms with Gasteiger partial charge in [-0.1, -0.05) is 82.0 Å². The van der Waals surface area contributed by atoms with Crippen LogP contribution in [0.5, 0.6) is 0 Å². The van der Waals surface area contributed by atoms with Gasteiger partial charge in [-0.25, -0.2) is 0 Å². The summed E-state index contributed by atoms with van der Waals surface area (Å²) >= 11 is 13.6. The van der Waals surface area contributed by atoms with Gasteiger partial charge in [-0.15, -0.1) is 0 Å². The zero-order valence-electron chi connectivity index (χ0n) is 18.7. The Balaban J connectivity index is 4.69. The van der Waals surface area contributed by atoms with Crippen molar-refractivity contribution in [3.05, 3.63) is 0 Å². The van der Waals surface area contributed by atoms with Crippen LogP contribution in [0, 0.1) is 0 Å². The Morgan fingerprint density at radius 3 is 1.50 bits per heavy atom. The normalized spacial score (nSPS) is 17.8. The van der Waals surface area contributed by atoms with Gasteiger partial charge in [0.2, 0.25) is 0 Å². The average molecular weight is 414 g/mol. The Labute approximate surface area is 174 Å². The van der Waals surface area contributed by atoms with E-state index >= 15 is 0 Å². The number of alkyl halides is 2. The molecule has 0 aromatic heterocycles. The van der Waals surface area contributed by atoms with E-state index < -0.39 is 0 Å². The molecule has 0 aromatic carbocycles. The molecule has 0 fully saturated rings. The second kappa shape index (κ2) is 12.8. The fourth-order valence-corrected chi connectivity index (χ4v) is 3.53. The van der Waals surface area contributed by atoms with Crippen LogP contribution in [0.15, 0.2) is 0 Å². The van der Waals surface area contributed by atoms with Crippen LogP contribution in [-0.2, 0) is 4.74 Å². The number of nitrogens with zero attached hydrogens (tertiary/aromatic N) is 2. The van der Waals surface area contributed by atoms with Crippen LogP contribution in [0.4, 0.5) is 0 Å². The minimum Gasteiger partial charge on any atom is -0.360 e. The number of rotatable bonds is 15. The van der Waals surface area contributed by atoms with Gasteiger partial charge in [0.15, 0.2) is 17.1 Å². The molecular weight excluding hydrogens is 367 g/mol. The third-order valence-electron chi connectivity index (χ3n) is 4.96. The van der Waals surface area contributed by atoms with Gasteiger partial charge in [-0.3, -0.25) is 0 Å². The van der Waals surface area contributed by atoms with E-state index in [1.165, 1.54) is 44.9 Å². The fraction of sp³-hybridized carbons (Fsp3) is 1.00. The molecule has 158 valence electrons. The molecule has 3 atom stereocenters. The fourth-order valence-electron chi connectivity index (χ4n) is 3.06. The number of hydrogen-bond acceptors (Lipinski definition) is 1. The second-order valence-electron chi connectivity index (χ2n) is 9.52. The van der Waals surface area contributed by atoms with E-state index in [4.69, 9.17) is 27.9 Å². The van der Waals surface area contributed by atoms with Crippen molar-refractivity contribution in [1.82, 2.24) is 0 Å². The van der Waals surface area contributed by atoms with Crippen molar-refractivity contribution in [2.24, 2.45) is 0 Å². The van der Waals surface area contributed by atoms with Crippen molar-refractivity contribution in [2.45, 2.75) is 94.8 Å². The van der Waals surface area contributed by atoms with Gasteiger partial charge < -0.3 is 13.7 Å². The number of quaternary nitrogens is 2. The first-order valence-electron chi connectivity index (χ1n) is 10.5. The number of halogens is 2. The average Bonchev–Trinajstić information content (AvgIpc) is 2.54. The molecule has 0 aliphatic carbocycles. The zero-order valence-corrected chi connectivity index (χ0v) is 20.2. The Kier molecular flexibility index (Phi) is 13.1. The molecule has 0 spiro atoms. The van der Waals surface area contributed by atoms with Gasteiger partial charge in [0.1, 0.15) is 0 Å². The highest BCUT2D eigenvalue weighted by Gasteiger charge is 2.44. The summed E-state index contributed by atoms with van der Waals surface area (Å²) in [6.45, 7) is 4.47. The first-order valence-corrected chi connectivity index (χ1v) is 11.4.